The van der Waals surface area contributed by atoms with Gasteiger partial charge in [-0.1, -0.05) is 19.1 Å². The maximum atomic E-state index is 11.9. The molecule has 78 valence electrons. The number of benzene rings is 1. The largest absolute Gasteiger partial charge is 0.305 e. The number of aryl methyl sites for hydroxylation is 2. The maximum Gasteiger partial charge on any atom is 0.272 e. The topological polar surface area (TPSA) is 34.9 Å². The normalized spacial score (nSPS) is 10.8. The molecule has 0 radical (unpaired) electrons. The van der Waals surface area contributed by atoms with E-state index in [1.54, 1.807) is 11.5 Å². The Balaban J connectivity index is 2.83. The van der Waals surface area contributed by atoms with Crippen LogP contribution < -0.4 is 5.56 Å². The van der Waals surface area contributed by atoms with Crippen molar-refractivity contribution in [2.75, 3.05) is 0 Å². The second kappa shape index (κ2) is 3.85. The van der Waals surface area contributed by atoms with E-state index < -0.39 is 0 Å². The van der Waals surface area contributed by atoms with Crippen LogP contribution in [0, 0.1) is 6.92 Å². The van der Waals surface area contributed by atoms with Crippen LogP contribution in [0.3, 0.4) is 0 Å². The van der Waals surface area contributed by atoms with Crippen molar-refractivity contribution in [3.05, 3.63) is 40.3 Å². The first-order chi connectivity index (χ1) is 7.24. The molecule has 0 spiro atoms. The fourth-order valence-corrected chi connectivity index (χ4v) is 1.77. The lowest BCUT2D eigenvalue weighted by Crippen LogP contribution is -2.23. The van der Waals surface area contributed by atoms with Gasteiger partial charge in [0.15, 0.2) is 0 Å². The van der Waals surface area contributed by atoms with E-state index in [1.165, 1.54) is 0 Å². The van der Waals surface area contributed by atoms with Gasteiger partial charge < -0.3 is 4.57 Å². The molecule has 0 aliphatic carbocycles. The highest BCUT2D eigenvalue weighted by Gasteiger charge is 2.05. The molecule has 15 heavy (non-hydrogen) atoms. The van der Waals surface area contributed by atoms with Gasteiger partial charge in [-0.3, -0.25) is 4.79 Å². The highest BCUT2D eigenvalue weighted by atomic mass is 16.1. The summed E-state index contributed by atoms with van der Waals surface area (Å²) in [6, 6.07) is 7.76. The fraction of sp³-hybridized carbons (Fsp3) is 0.333. The molecule has 3 nitrogen and oxygen atoms in total. The molecule has 1 aromatic heterocycles. The highest BCUT2D eigenvalue weighted by Crippen LogP contribution is 2.09. The lowest BCUT2D eigenvalue weighted by Gasteiger charge is -2.09. The smallest absolute Gasteiger partial charge is 0.272 e. The number of fused-ring (bicyclic) bond motifs is 1. The van der Waals surface area contributed by atoms with Gasteiger partial charge in [-0.15, -0.1) is 0 Å². The van der Waals surface area contributed by atoms with Crippen molar-refractivity contribution in [1.29, 1.82) is 0 Å². The summed E-state index contributed by atoms with van der Waals surface area (Å²) in [6.45, 7) is 4.58. The predicted octanol–water partition coefficient (Wildman–Crippen LogP) is 2.11. The number of aromatic nitrogens is 2. The summed E-state index contributed by atoms with van der Waals surface area (Å²) in [4.78, 5) is 16.2. The van der Waals surface area contributed by atoms with Crippen LogP contribution in [0.4, 0.5) is 0 Å². The Morgan fingerprint density at radius 2 is 2.07 bits per heavy atom. The Kier molecular flexibility index (Phi) is 2.54. The van der Waals surface area contributed by atoms with Crippen LogP contribution in [0.2, 0.25) is 0 Å². The second-order valence-corrected chi connectivity index (χ2v) is 3.64. The van der Waals surface area contributed by atoms with Crippen LogP contribution in [-0.2, 0) is 6.54 Å². The molecule has 0 bridgehead atoms. The average molecular weight is 202 g/mol. The minimum Gasteiger partial charge on any atom is -0.305 e. The zero-order chi connectivity index (χ0) is 10.8. The van der Waals surface area contributed by atoms with Crippen LogP contribution in [-0.4, -0.2) is 9.55 Å². The number of rotatable bonds is 2. The minimum atomic E-state index is 0.0237. The van der Waals surface area contributed by atoms with Crippen molar-refractivity contribution >= 4 is 11.0 Å². The Morgan fingerprint density at radius 3 is 2.80 bits per heavy atom. The van der Waals surface area contributed by atoms with Crippen molar-refractivity contribution in [1.82, 2.24) is 9.55 Å². The molecule has 2 aromatic rings. The number of hydrogen-bond donors (Lipinski definition) is 0. The Morgan fingerprint density at radius 1 is 1.33 bits per heavy atom. The molecule has 0 N–H and O–H groups in total. The third-order valence-electron chi connectivity index (χ3n) is 2.46. The highest BCUT2D eigenvalue weighted by molar-refractivity contribution is 5.74. The number of hydrogen-bond acceptors (Lipinski definition) is 2. The zero-order valence-electron chi connectivity index (χ0n) is 9.03. The van der Waals surface area contributed by atoms with E-state index in [-0.39, 0.29) is 5.56 Å². The first-order valence-electron chi connectivity index (χ1n) is 5.20. The van der Waals surface area contributed by atoms with E-state index in [0.29, 0.717) is 5.69 Å². The molecule has 0 saturated carbocycles. The van der Waals surface area contributed by atoms with Crippen LogP contribution in [0.5, 0.6) is 0 Å². The average Bonchev–Trinajstić information content (AvgIpc) is 2.25. The van der Waals surface area contributed by atoms with Crippen molar-refractivity contribution in [3.63, 3.8) is 0 Å². The summed E-state index contributed by atoms with van der Waals surface area (Å²) in [7, 11) is 0. The van der Waals surface area contributed by atoms with E-state index in [1.807, 2.05) is 24.3 Å². The summed E-state index contributed by atoms with van der Waals surface area (Å²) >= 11 is 0. The van der Waals surface area contributed by atoms with Crippen LogP contribution in [0.25, 0.3) is 11.0 Å². The maximum absolute atomic E-state index is 11.9. The molecule has 2 rings (SSSR count). The molecule has 0 amide bonds. The molecule has 0 aliphatic heterocycles. The van der Waals surface area contributed by atoms with Crippen molar-refractivity contribution in [2.24, 2.45) is 0 Å². The summed E-state index contributed by atoms with van der Waals surface area (Å²) in [6.07, 6.45) is 0.952. The molecule has 1 heterocycles. The van der Waals surface area contributed by atoms with E-state index >= 15 is 0 Å². The molecular formula is C12H14N2O. The van der Waals surface area contributed by atoms with Gasteiger partial charge in [-0.2, -0.15) is 0 Å². The Hall–Kier alpha value is -1.64. The molecule has 0 fully saturated rings. The predicted molar refractivity (Wildman–Crippen MR) is 61.0 cm³/mol. The third kappa shape index (κ3) is 1.65. The summed E-state index contributed by atoms with van der Waals surface area (Å²) in [5.74, 6) is 0. The van der Waals surface area contributed by atoms with Gasteiger partial charge >= 0.3 is 0 Å². The number of nitrogens with zero attached hydrogens (tertiary/aromatic N) is 2. The molecule has 0 unspecified atom stereocenters. The van der Waals surface area contributed by atoms with Gasteiger partial charge in [0.05, 0.1) is 11.0 Å². The Labute approximate surface area is 88.4 Å². The number of para-hydroxylation sites is 2. The fourth-order valence-electron chi connectivity index (χ4n) is 1.77. The summed E-state index contributed by atoms with van der Waals surface area (Å²) in [5, 5.41) is 0. The van der Waals surface area contributed by atoms with Gasteiger partial charge in [0.2, 0.25) is 0 Å². The third-order valence-corrected chi connectivity index (χ3v) is 2.46. The van der Waals surface area contributed by atoms with E-state index in [0.717, 1.165) is 24.0 Å². The van der Waals surface area contributed by atoms with E-state index in [9.17, 15) is 4.79 Å². The van der Waals surface area contributed by atoms with Gasteiger partial charge in [0, 0.05) is 6.54 Å². The van der Waals surface area contributed by atoms with Crippen molar-refractivity contribution < 1.29 is 0 Å². The zero-order valence-corrected chi connectivity index (χ0v) is 9.03. The first-order valence-corrected chi connectivity index (χ1v) is 5.20. The molecular weight excluding hydrogens is 188 g/mol. The molecule has 0 atom stereocenters. The summed E-state index contributed by atoms with van der Waals surface area (Å²) < 4.78 is 1.80. The Bertz CT molecular complexity index is 543. The van der Waals surface area contributed by atoms with E-state index in [2.05, 4.69) is 11.9 Å². The van der Waals surface area contributed by atoms with Crippen molar-refractivity contribution in [2.45, 2.75) is 26.8 Å². The van der Waals surface area contributed by atoms with Crippen molar-refractivity contribution in [3.8, 4) is 0 Å². The van der Waals surface area contributed by atoms with Crippen LogP contribution in [0.1, 0.15) is 19.0 Å². The first kappa shape index (κ1) is 9.90. The lowest BCUT2D eigenvalue weighted by molar-refractivity contribution is 0.669. The van der Waals surface area contributed by atoms with Gasteiger partial charge in [-0.05, 0) is 25.5 Å². The SMILES string of the molecule is CCCn1c(=O)c(C)nc2ccccc21. The minimum absolute atomic E-state index is 0.0237. The summed E-state index contributed by atoms with van der Waals surface area (Å²) in [5.41, 5.74) is 2.41. The molecule has 1 aromatic carbocycles. The van der Waals surface area contributed by atoms with Gasteiger partial charge in [0.1, 0.15) is 5.69 Å². The van der Waals surface area contributed by atoms with Gasteiger partial charge in [-0.25, -0.2) is 4.98 Å². The monoisotopic (exact) mass is 202 g/mol. The molecule has 0 aliphatic rings. The van der Waals surface area contributed by atoms with Crippen LogP contribution in [0.15, 0.2) is 29.1 Å². The standard InChI is InChI=1S/C12H14N2O/c1-3-8-14-11-7-5-4-6-10(11)13-9(2)12(14)15/h4-7H,3,8H2,1-2H3. The van der Waals surface area contributed by atoms with Gasteiger partial charge in [0.25, 0.3) is 5.56 Å². The lowest BCUT2D eigenvalue weighted by atomic mass is 10.2. The molecule has 0 saturated heterocycles. The molecule has 3 heteroatoms. The van der Waals surface area contributed by atoms with E-state index in [4.69, 9.17) is 0 Å². The van der Waals surface area contributed by atoms with Crippen LogP contribution >= 0.6 is 0 Å². The second-order valence-electron chi connectivity index (χ2n) is 3.64. The quantitative estimate of drug-likeness (QED) is 0.747.